The molecule has 2 aromatic rings. The Morgan fingerprint density at radius 1 is 1.64 bits per heavy atom. The fraction of sp³-hybridized carbons (Fsp3) is 0.300. The number of nitrogens with zero attached hydrogens (tertiary/aromatic N) is 1. The van der Waals surface area contributed by atoms with Crippen LogP contribution in [0.15, 0.2) is 29.9 Å². The number of H-pyrrole nitrogens is 1. The van der Waals surface area contributed by atoms with E-state index in [9.17, 15) is 0 Å². The molecule has 2 aromatic heterocycles. The van der Waals surface area contributed by atoms with E-state index in [1.807, 2.05) is 13.2 Å². The van der Waals surface area contributed by atoms with Gasteiger partial charge in [0.2, 0.25) is 0 Å². The van der Waals surface area contributed by atoms with Gasteiger partial charge in [-0.2, -0.15) is 0 Å². The van der Waals surface area contributed by atoms with Gasteiger partial charge in [0.15, 0.2) is 0 Å². The van der Waals surface area contributed by atoms with Crippen LogP contribution < -0.4 is 5.32 Å². The van der Waals surface area contributed by atoms with Crippen LogP contribution >= 0.6 is 11.3 Å². The van der Waals surface area contributed by atoms with Crippen molar-refractivity contribution in [1.29, 1.82) is 0 Å². The Kier molecular flexibility index (Phi) is 2.96. The van der Waals surface area contributed by atoms with E-state index in [4.69, 9.17) is 0 Å². The summed E-state index contributed by atoms with van der Waals surface area (Å²) >= 11 is 1.77. The van der Waals surface area contributed by atoms with Crippen molar-refractivity contribution in [3.8, 4) is 0 Å². The van der Waals surface area contributed by atoms with E-state index in [2.05, 4.69) is 32.8 Å². The third-order valence-corrected chi connectivity index (χ3v) is 3.17. The summed E-state index contributed by atoms with van der Waals surface area (Å²) in [4.78, 5) is 8.69. The van der Waals surface area contributed by atoms with Gasteiger partial charge in [0.1, 0.15) is 5.82 Å². The van der Waals surface area contributed by atoms with Gasteiger partial charge in [-0.3, -0.25) is 0 Å². The Balaban J connectivity index is 2.08. The van der Waals surface area contributed by atoms with Gasteiger partial charge in [-0.15, -0.1) is 11.3 Å². The maximum Gasteiger partial charge on any atom is 0.107 e. The SMILES string of the molecule is CNC(Cc1ncc[nH]1)c1cccs1. The fourth-order valence-corrected chi connectivity index (χ4v) is 2.27. The molecule has 2 heterocycles. The lowest BCUT2D eigenvalue weighted by Gasteiger charge is -2.12. The average Bonchev–Trinajstić information content (AvgIpc) is 2.86. The van der Waals surface area contributed by atoms with Crippen LogP contribution in [0.1, 0.15) is 16.7 Å². The third kappa shape index (κ3) is 2.02. The van der Waals surface area contributed by atoms with Crippen LogP contribution in [0.25, 0.3) is 0 Å². The van der Waals surface area contributed by atoms with Crippen molar-refractivity contribution in [3.05, 3.63) is 40.6 Å². The molecule has 0 amide bonds. The van der Waals surface area contributed by atoms with Crippen LogP contribution in [0.2, 0.25) is 0 Å². The maximum atomic E-state index is 4.22. The number of nitrogens with one attached hydrogen (secondary N) is 2. The van der Waals surface area contributed by atoms with Gasteiger partial charge in [0.05, 0.1) is 0 Å². The molecular weight excluding hydrogens is 194 g/mol. The third-order valence-electron chi connectivity index (χ3n) is 2.19. The normalized spacial score (nSPS) is 12.9. The average molecular weight is 207 g/mol. The quantitative estimate of drug-likeness (QED) is 0.804. The van der Waals surface area contributed by atoms with E-state index in [0.29, 0.717) is 6.04 Å². The summed E-state index contributed by atoms with van der Waals surface area (Å²) in [5.41, 5.74) is 0. The van der Waals surface area contributed by atoms with Gasteiger partial charge in [0.25, 0.3) is 0 Å². The van der Waals surface area contributed by atoms with Gasteiger partial charge >= 0.3 is 0 Å². The molecule has 0 fully saturated rings. The maximum absolute atomic E-state index is 4.22. The Hall–Kier alpha value is -1.13. The summed E-state index contributed by atoms with van der Waals surface area (Å²) in [6, 6.07) is 4.59. The summed E-state index contributed by atoms with van der Waals surface area (Å²) in [5.74, 6) is 1.03. The lowest BCUT2D eigenvalue weighted by molar-refractivity contribution is 0.587. The molecule has 0 saturated carbocycles. The van der Waals surface area contributed by atoms with Crippen molar-refractivity contribution in [2.45, 2.75) is 12.5 Å². The highest BCUT2D eigenvalue weighted by Crippen LogP contribution is 2.21. The molecule has 0 bridgehead atoms. The molecule has 14 heavy (non-hydrogen) atoms. The topological polar surface area (TPSA) is 40.7 Å². The zero-order valence-electron chi connectivity index (χ0n) is 8.03. The molecule has 0 saturated heterocycles. The molecule has 3 nitrogen and oxygen atoms in total. The first-order valence-corrected chi connectivity index (χ1v) is 5.47. The fourth-order valence-electron chi connectivity index (χ4n) is 1.44. The van der Waals surface area contributed by atoms with Crippen molar-refractivity contribution in [2.75, 3.05) is 7.05 Å². The lowest BCUT2D eigenvalue weighted by atomic mass is 10.1. The van der Waals surface area contributed by atoms with Crippen molar-refractivity contribution >= 4 is 11.3 Å². The smallest absolute Gasteiger partial charge is 0.107 e. The lowest BCUT2D eigenvalue weighted by Crippen LogP contribution is -2.18. The highest BCUT2D eigenvalue weighted by Gasteiger charge is 2.11. The molecule has 0 aliphatic carbocycles. The summed E-state index contributed by atoms with van der Waals surface area (Å²) < 4.78 is 0. The Morgan fingerprint density at radius 3 is 3.14 bits per heavy atom. The van der Waals surface area contributed by atoms with Gasteiger partial charge in [-0.1, -0.05) is 6.07 Å². The molecule has 0 spiro atoms. The Morgan fingerprint density at radius 2 is 2.57 bits per heavy atom. The Bertz CT molecular complexity index is 353. The minimum absolute atomic E-state index is 0.362. The molecule has 0 aliphatic heterocycles. The van der Waals surface area contributed by atoms with Gasteiger partial charge in [-0.05, 0) is 18.5 Å². The molecule has 4 heteroatoms. The van der Waals surface area contributed by atoms with E-state index in [1.54, 1.807) is 17.5 Å². The number of rotatable bonds is 4. The molecule has 74 valence electrons. The predicted molar refractivity (Wildman–Crippen MR) is 58.4 cm³/mol. The van der Waals surface area contributed by atoms with Gasteiger partial charge < -0.3 is 10.3 Å². The summed E-state index contributed by atoms with van der Waals surface area (Å²) in [6.07, 6.45) is 4.55. The first kappa shape index (κ1) is 9.43. The number of hydrogen-bond donors (Lipinski definition) is 2. The minimum Gasteiger partial charge on any atom is -0.349 e. The van der Waals surface area contributed by atoms with Gasteiger partial charge in [-0.25, -0.2) is 4.98 Å². The van der Waals surface area contributed by atoms with E-state index in [0.717, 1.165) is 12.2 Å². The van der Waals surface area contributed by atoms with Crippen molar-refractivity contribution in [1.82, 2.24) is 15.3 Å². The highest BCUT2D eigenvalue weighted by atomic mass is 32.1. The summed E-state index contributed by atoms with van der Waals surface area (Å²) in [5, 5.41) is 5.39. The van der Waals surface area contributed by atoms with E-state index >= 15 is 0 Å². The summed E-state index contributed by atoms with van der Waals surface area (Å²) in [7, 11) is 1.98. The van der Waals surface area contributed by atoms with Crippen LogP contribution in [0.5, 0.6) is 0 Å². The number of thiophene rings is 1. The number of hydrogen-bond acceptors (Lipinski definition) is 3. The molecule has 0 aliphatic rings. The van der Waals surface area contributed by atoms with E-state index in [-0.39, 0.29) is 0 Å². The second-order valence-electron chi connectivity index (χ2n) is 3.10. The van der Waals surface area contributed by atoms with E-state index in [1.165, 1.54) is 4.88 Å². The highest BCUT2D eigenvalue weighted by molar-refractivity contribution is 7.10. The number of aromatic amines is 1. The van der Waals surface area contributed by atoms with Crippen LogP contribution in [0.4, 0.5) is 0 Å². The first-order valence-electron chi connectivity index (χ1n) is 4.59. The summed E-state index contributed by atoms with van der Waals surface area (Å²) in [6.45, 7) is 0. The predicted octanol–water partition coefficient (Wildman–Crippen LogP) is 1.97. The second-order valence-corrected chi connectivity index (χ2v) is 4.08. The van der Waals surface area contributed by atoms with E-state index < -0.39 is 0 Å². The van der Waals surface area contributed by atoms with Crippen LogP contribution in [-0.2, 0) is 6.42 Å². The van der Waals surface area contributed by atoms with Gasteiger partial charge in [0, 0.05) is 29.7 Å². The standard InChI is InChI=1S/C10H13N3S/c1-11-8(9-3-2-6-14-9)7-10-12-4-5-13-10/h2-6,8,11H,7H2,1H3,(H,12,13). The minimum atomic E-state index is 0.362. The molecule has 2 rings (SSSR count). The molecule has 0 radical (unpaired) electrons. The number of imidazole rings is 1. The number of likely N-dealkylation sites (N-methyl/N-ethyl adjacent to an activating group) is 1. The zero-order chi connectivity index (χ0) is 9.80. The van der Waals surface area contributed by atoms with Crippen molar-refractivity contribution < 1.29 is 0 Å². The number of aromatic nitrogens is 2. The molecule has 1 atom stereocenters. The molecule has 0 aromatic carbocycles. The molecular formula is C10H13N3S. The molecule has 2 N–H and O–H groups in total. The second kappa shape index (κ2) is 4.39. The first-order chi connectivity index (χ1) is 6.90. The Labute approximate surface area is 87.2 Å². The van der Waals surface area contributed by atoms with Crippen LogP contribution in [0.3, 0.4) is 0 Å². The van der Waals surface area contributed by atoms with Crippen LogP contribution in [0, 0.1) is 0 Å². The van der Waals surface area contributed by atoms with Crippen LogP contribution in [-0.4, -0.2) is 17.0 Å². The largest absolute Gasteiger partial charge is 0.349 e. The molecule has 1 unspecified atom stereocenters. The monoisotopic (exact) mass is 207 g/mol. The van der Waals surface area contributed by atoms with Crippen molar-refractivity contribution in [2.24, 2.45) is 0 Å². The zero-order valence-corrected chi connectivity index (χ0v) is 8.84. The van der Waals surface area contributed by atoms with Crippen molar-refractivity contribution in [3.63, 3.8) is 0 Å².